The second-order valence-electron chi connectivity index (χ2n) is 9.02. The summed E-state index contributed by atoms with van der Waals surface area (Å²) in [6, 6.07) is 12.0. The molecule has 5 rings (SSSR count). The van der Waals surface area contributed by atoms with E-state index in [0.29, 0.717) is 51.6 Å². The summed E-state index contributed by atoms with van der Waals surface area (Å²) in [5, 5.41) is 12.9. The molecular formula is C26H29N5O3S. The molecule has 2 fully saturated rings. The molecule has 1 amide bonds. The van der Waals surface area contributed by atoms with Gasteiger partial charge < -0.3 is 19.1 Å². The summed E-state index contributed by atoms with van der Waals surface area (Å²) in [5.74, 6) is 0.0411. The zero-order valence-corrected chi connectivity index (χ0v) is 20.7. The number of fused-ring (bicyclic) bond motifs is 1. The number of amides is 1. The second-order valence-corrected chi connectivity index (χ2v) is 9.97. The van der Waals surface area contributed by atoms with Crippen molar-refractivity contribution in [2.45, 2.75) is 13.5 Å². The SMILES string of the molecule is Cc1ccc2c(c1)c(N1CCN(C(=O)c3cccs3)CC1)c(C#N)c(=O)n2CCN1CCOCC1. The molecule has 2 aliphatic rings. The Morgan fingerprint density at radius 1 is 1.09 bits per heavy atom. The van der Waals surface area contributed by atoms with Gasteiger partial charge in [0, 0.05) is 57.7 Å². The van der Waals surface area contributed by atoms with Crippen LogP contribution in [0.1, 0.15) is 20.8 Å². The van der Waals surface area contributed by atoms with E-state index < -0.39 is 0 Å². The molecule has 182 valence electrons. The fourth-order valence-corrected chi connectivity index (χ4v) is 5.65. The number of hydrogen-bond acceptors (Lipinski definition) is 7. The van der Waals surface area contributed by atoms with Crippen molar-refractivity contribution < 1.29 is 9.53 Å². The number of nitrogens with zero attached hydrogens (tertiary/aromatic N) is 5. The fraction of sp³-hybridized carbons (Fsp3) is 0.423. The van der Waals surface area contributed by atoms with Crippen molar-refractivity contribution in [3.63, 3.8) is 0 Å². The number of ether oxygens (including phenoxy) is 1. The number of benzene rings is 1. The lowest BCUT2D eigenvalue weighted by Crippen LogP contribution is -2.49. The molecule has 3 aromatic rings. The third kappa shape index (κ3) is 4.69. The predicted molar refractivity (Wildman–Crippen MR) is 137 cm³/mol. The summed E-state index contributed by atoms with van der Waals surface area (Å²) in [6.07, 6.45) is 0. The van der Waals surface area contributed by atoms with Crippen molar-refractivity contribution in [1.29, 1.82) is 5.26 Å². The fourth-order valence-electron chi connectivity index (χ4n) is 4.96. The smallest absolute Gasteiger partial charge is 0.271 e. The number of piperazine rings is 1. The van der Waals surface area contributed by atoms with Gasteiger partial charge in [-0.1, -0.05) is 17.7 Å². The summed E-state index contributed by atoms with van der Waals surface area (Å²) >= 11 is 1.45. The topological polar surface area (TPSA) is 81.8 Å². The summed E-state index contributed by atoms with van der Waals surface area (Å²) in [4.78, 5) is 33.3. The van der Waals surface area contributed by atoms with Crippen LogP contribution in [0.5, 0.6) is 0 Å². The Morgan fingerprint density at radius 2 is 1.86 bits per heavy atom. The quantitative estimate of drug-likeness (QED) is 0.546. The van der Waals surface area contributed by atoms with Gasteiger partial charge >= 0.3 is 0 Å². The average Bonchev–Trinajstić information content (AvgIpc) is 3.43. The molecule has 9 heteroatoms. The number of carbonyl (C=O) groups excluding carboxylic acids is 1. The van der Waals surface area contributed by atoms with Crippen LogP contribution in [0.15, 0.2) is 40.5 Å². The molecular weight excluding hydrogens is 462 g/mol. The van der Waals surface area contributed by atoms with Gasteiger partial charge in [-0.3, -0.25) is 14.5 Å². The minimum absolute atomic E-state index is 0.0411. The Kier molecular flexibility index (Phi) is 6.86. The highest BCUT2D eigenvalue weighted by Gasteiger charge is 2.27. The van der Waals surface area contributed by atoms with Crippen LogP contribution in [-0.4, -0.2) is 79.3 Å². The molecule has 0 bridgehead atoms. The molecule has 0 unspecified atom stereocenters. The van der Waals surface area contributed by atoms with Crippen LogP contribution < -0.4 is 10.5 Å². The van der Waals surface area contributed by atoms with Crippen molar-refractivity contribution in [3.8, 4) is 6.07 Å². The van der Waals surface area contributed by atoms with E-state index in [-0.39, 0.29) is 17.0 Å². The number of rotatable bonds is 5. The van der Waals surface area contributed by atoms with Gasteiger partial charge in [-0.2, -0.15) is 5.26 Å². The number of aryl methyl sites for hydroxylation is 1. The molecule has 0 radical (unpaired) electrons. The van der Waals surface area contributed by atoms with Crippen LogP contribution in [0.4, 0.5) is 5.69 Å². The number of pyridine rings is 1. The highest BCUT2D eigenvalue weighted by molar-refractivity contribution is 7.12. The van der Waals surface area contributed by atoms with Gasteiger partial charge in [-0.05, 0) is 30.5 Å². The Balaban J connectivity index is 1.46. The third-order valence-corrected chi connectivity index (χ3v) is 7.72. The Morgan fingerprint density at radius 3 is 2.54 bits per heavy atom. The van der Waals surface area contributed by atoms with Crippen LogP contribution in [0.3, 0.4) is 0 Å². The van der Waals surface area contributed by atoms with E-state index in [0.717, 1.165) is 41.0 Å². The van der Waals surface area contributed by atoms with E-state index in [9.17, 15) is 14.9 Å². The number of morpholine rings is 1. The maximum absolute atomic E-state index is 13.6. The average molecular weight is 492 g/mol. The first-order valence-electron chi connectivity index (χ1n) is 12.0. The Bertz CT molecular complexity index is 1310. The summed E-state index contributed by atoms with van der Waals surface area (Å²) < 4.78 is 7.19. The van der Waals surface area contributed by atoms with Gasteiger partial charge in [-0.15, -0.1) is 11.3 Å². The van der Waals surface area contributed by atoms with Crippen molar-refractivity contribution >= 4 is 33.8 Å². The van der Waals surface area contributed by atoms with Crippen molar-refractivity contribution in [3.05, 3.63) is 62.1 Å². The highest BCUT2D eigenvalue weighted by atomic mass is 32.1. The Labute approximate surface area is 208 Å². The van der Waals surface area contributed by atoms with E-state index in [1.165, 1.54) is 11.3 Å². The molecule has 2 aliphatic heterocycles. The van der Waals surface area contributed by atoms with Crippen molar-refractivity contribution in [2.75, 3.05) is 63.9 Å². The maximum Gasteiger partial charge on any atom is 0.271 e. The molecule has 8 nitrogen and oxygen atoms in total. The summed E-state index contributed by atoms with van der Waals surface area (Å²) in [7, 11) is 0. The molecule has 0 N–H and O–H groups in total. The molecule has 35 heavy (non-hydrogen) atoms. The summed E-state index contributed by atoms with van der Waals surface area (Å²) in [5.41, 5.74) is 2.56. The number of hydrogen-bond donors (Lipinski definition) is 0. The molecule has 2 aromatic heterocycles. The predicted octanol–water partition coefficient (Wildman–Crippen LogP) is 2.54. The monoisotopic (exact) mass is 491 g/mol. The molecule has 4 heterocycles. The first-order valence-corrected chi connectivity index (χ1v) is 12.9. The lowest BCUT2D eigenvalue weighted by atomic mass is 10.0. The lowest BCUT2D eigenvalue weighted by molar-refractivity contribution is 0.0364. The van der Waals surface area contributed by atoms with E-state index in [1.54, 1.807) is 4.57 Å². The van der Waals surface area contributed by atoms with Gasteiger partial charge in [0.2, 0.25) is 0 Å². The van der Waals surface area contributed by atoms with E-state index in [1.807, 2.05) is 41.5 Å². The van der Waals surface area contributed by atoms with Gasteiger partial charge in [0.05, 0.1) is 29.3 Å². The lowest BCUT2D eigenvalue weighted by Gasteiger charge is -2.37. The number of anilines is 1. The highest BCUT2D eigenvalue weighted by Crippen LogP contribution is 2.31. The number of aromatic nitrogens is 1. The van der Waals surface area contributed by atoms with Gasteiger partial charge in [0.1, 0.15) is 11.6 Å². The van der Waals surface area contributed by atoms with Crippen LogP contribution in [0.2, 0.25) is 0 Å². The van der Waals surface area contributed by atoms with Crippen molar-refractivity contribution in [1.82, 2.24) is 14.4 Å². The van der Waals surface area contributed by atoms with Crippen LogP contribution in [0.25, 0.3) is 10.9 Å². The number of nitriles is 1. The number of thiophene rings is 1. The standard InChI is InChI=1S/C26H29N5O3S/c1-19-4-5-22-20(17-19)24(29-7-9-30(10-8-29)26(33)23-3-2-16-35-23)21(18-27)25(32)31(22)11-6-28-12-14-34-15-13-28/h2-5,16-17H,6-15H2,1H3. The first kappa shape index (κ1) is 23.5. The molecule has 0 aliphatic carbocycles. The number of carbonyl (C=O) groups is 1. The van der Waals surface area contributed by atoms with Crippen molar-refractivity contribution in [2.24, 2.45) is 0 Å². The minimum Gasteiger partial charge on any atom is -0.379 e. The normalized spacial score (nSPS) is 17.0. The van der Waals surface area contributed by atoms with Crippen LogP contribution in [-0.2, 0) is 11.3 Å². The molecule has 0 spiro atoms. The molecule has 1 aromatic carbocycles. The molecule has 2 saturated heterocycles. The van der Waals surface area contributed by atoms with E-state index >= 15 is 0 Å². The largest absolute Gasteiger partial charge is 0.379 e. The first-order chi connectivity index (χ1) is 17.1. The maximum atomic E-state index is 13.6. The third-order valence-electron chi connectivity index (χ3n) is 6.86. The van der Waals surface area contributed by atoms with Gasteiger partial charge in [0.15, 0.2) is 0 Å². The minimum atomic E-state index is -0.246. The second kappa shape index (κ2) is 10.2. The van der Waals surface area contributed by atoms with Gasteiger partial charge in [0.25, 0.3) is 11.5 Å². The Hall–Kier alpha value is -3.19. The summed E-state index contributed by atoms with van der Waals surface area (Å²) in [6.45, 7) is 8.65. The van der Waals surface area contributed by atoms with E-state index in [4.69, 9.17) is 4.74 Å². The van der Waals surface area contributed by atoms with Crippen LogP contribution >= 0.6 is 11.3 Å². The molecule has 0 saturated carbocycles. The van der Waals surface area contributed by atoms with E-state index in [2.05, 4.69) is 21.9 Å². The van der Waals surface area contributed by atoms with Gasteiger partial charge in [-0.25, -0.2) is 0 Å². The zero-order chi connectivity index (χ0) is 24.4. The van der Waals surface area contributed by atoms with Crippen LogP contribution in [0, 0.1) is 18.3 Å². The molecule has 0 atom stereocenters. The zero-order valence-electron chi connectivity index (χ0n) is 19.9.